The van der Waals surface area contributed by atoms with Gasteiger partial charge in [0.2, 0.25) is 0 Å². The van der Waals surface area contributed by atoms with Crippen LogP contribution in [0.15, 0.2) is 23.3 Å². The molecular weight excluding hydrogens is 355 g/mol. The van der Waals surface area contributed by atoms with Gasteiger partial charge in [-0.15, -0.1) is 0 Å². The number of anilines is 1. The molecule has 7 heteroatoms. The number of piperidine rings is 1. The number of halogens is 1. The number of likely N-dealkylation sites (tertiary alicyclic amines) is 1. The second-order valence-electron chi connectivity index (χ2n) is 7.89. The van der Waals surface area contributed by atoms with Crippen molar-refractivity contribution in [1.29, 1.82) is 0 Å². The molecule has 2 N–H and O–H groups in total. The number of hydrogen-bond acceptors (Lipinski definition) is 4. The number of pyridine rings is 1. The second-order valence-corrected chi connectivity index (χ2v) is 7.89. The Morgan fingerprint density at radius 1 is 1.25 bits per heavy atom. The van der Waals surface area contributed by atoms with Gasteiger partial charge >= 0.3 is 0 Å². The molecule has 3 heterocycles. The fourth-order valence-electron chi connectivity index (χ4n) is 4.12. The minimum absolute atomic E-state index is 0.252. The molecule has 6 nitrogen and oxygen atoms in total. The highest BCUT2D eigenvalue weighted by Gasteiger charge is 2.26. The molecule has 2 fully saturated rings. The lowest BCUT2D eigenvalue weighted by molar-refractivity contribution is 0.188. The first kappa shape index (κ1) is 20.8. The Hall–Kier alpha value is -1.89. The normalized spacial score (nSPS) is 21.9. The van der Waals surface area contributed by atoms with Crippen LogP contribution in [-0.2, 0) is 0 Å². The van der Waals surface area contributed by atoms with E-state index in [1.54, 1.807) is 12.3 Å². The number of nitrogens with zero attached hydrogens (tertiary/aromatic N) is 4. The van der Waals surface area contributed by atoms with Crippen LogP contribution in [0, 0.1) is 11.7 Å². The Bertz CT molecular complexity index is 629. The first-order valence-corrected chi connectivity index (χ1v) is 10.8. The van der Waals surface area contributed by atoms with Crippen LogP contribution in [0.4, 0.5) is 10.2 Å². The zero-order valence-electron chi connectivity index (χ0n) is 17.3. The summed E-state index contributed by atoms with van der Waals surface area (Å²) in [6, 6.07) is 3.36. The molecule has 0 bridgehead atoms. The number of rotatable bonds is 7. The van der Waals surface area contributed by atoms with Crippen molar-refractivity contribution in [3.05, 3.63) is 24.1 Å². The monoisotopic (exact) mass is 390 g/mol. The van der Waals surface area contributed by atoms with E-state index in [9.17, 15) is 4.39 Å². The van der Waals surface area contributed by atoms with E-state index >= 15 is 0 Å². The van der Waals surface area contributed by atoms with Gasteiger partial charge in [0.05, 0.1) is 0 Å². The predicted octanol–water partition coefficient (Wildman–Crippen LogP) is 2.48. The van der Waals surface area contributed by atoms with Gasteiger partial charge in [0.1, 0.15) is 0 Å². The van der Waals surface area contributed by atoms with Gasteiger partial charge in [0, 0.05) is 38.4 Å². The molecule has 2 aliphatic heterocycles. The van der Waals surface area contributed by atoms with E-state index in [0.29, 0.717) is 11.7 Å². The van der Waals surface area contributed by atoms with Crippen LogP contribution >= 0.6 is 0 Å². The molecule has 2 saturated heterocycles. The lowest BCUT2D eigenvalue weighted by Crippen LogP contribution is -2.45. The van der Waals surface area contributed by atoms with E-state index < -0.39 is 0 Å². The number of aromatic nitrogens is 1. The standard InChI is InChI=1S/C21H35FN6/c1-3-11-27-12-7-17(8-13-27)15-25-21(23-4-2)26-18-9-14-28(16-18)20-19(22)6-5-10-24-20/h5-6,10,17-18H,3-4,7-9,11-16H2,1-2H3,(H2,23,25,26). The fourth-order valence-corrected chi connectivity index (χ4v) is 4.12. The van der Waals surface area contributed by atoms with Crippen LogP contribution in [0.3, 0.4) is 0 Å². The molecule has 1 unspecified atom stereocenters. The highest BCUT2D eigenvalue weighted by atomic mass is 19.1. The SMILES string of the molecule is CCCN1CCC(CN=C(NCC)NC2CCN(c3ncccc3F)C2)CC1. The molecule has 0 amide bonds. The maximum Gasteiger partial charge on any atom is 0.191 e. The van der Waals surface area contributed by atoms with E-state index in [4.69, 9.17) is 4.99 Å². The zero-order chi connectivity index (χ0) is 19.8. The van der Waals surface area contributed by atoms with Crippen LogP contribution < -0.4 is 15.5 Å². The van der Waals surface area contributed by atoms with Crippen molar-refractivity contribution >= 4 is 11.8 Å². The van der Waals surface area contributed by atoms with Gasteiger partial charge in [-0.25, -0.2) is 9.37 Å². The average Bonchev–Trinajstić information content (AvgIpc) is 3.16. The highest BCUT2D eigenvalue weighted by molar-refractivity contribution is 5.80. The first-order chi connectivity index (χ1) is 13.7. The summed E-state index contributed by atoms with van der Waals surface area (Å²) in [5.74, 6) is 1.75. The topological polar surface area (TPSA) is 55.8 Å². The van der Waals surface area contributed by atoms with Crippen molar-refractivity contribution in [2.75, 3.05) is 50.7 Å². The van der Waals surface area contributed by atoms with Gasteiger partial charge < -0.3 is 20.4 Å². The van der Waals surface area contributed by atoms with Crippen LogP contribution in [0.2, 0.25) is 0 Å². The van der Waals surface area contributed by atoms with Crippen molar-refractivity contribution < 1.29 is 4.39 Å². The Balaban J connectivity index is 1.49. The Labute approximate surface area is 168 Å². The highest BCUT2D eigenvalue weighted by Crippen LogP contribution is 2.21. The molecule has 0 saturated carbocycles. The average molecular weight is 391 g/mol. The fraction of sp³-hybridized carbons (Fsp3) is 0.714. The third-order valence-electron chi connectivity index (χ3n) is 5.67. The van der Waals surface area contributed by atoms with E-state index in [0.717, 1.165) is 38.6 Å². The summed E-state index contributed by atoms with van der Waals surface area (Å²) in [6.07, 6.45) is 6.31. The summed E-state index contributed by atoms with van der Waals surface area (Å²) in [6.45, 7) is 11.2. The number of hydrogen-bond donors (Lipinski definition) is 2. The summed E-state index contributed by atoms with van der Waals surface area (Å²) >= 11 is 0. The molecular formula is C21H35FN6. The van der Waals surface area contributed by atoms with E-state index in [1.807, 2.05) is 4.90 Å². The molecule has 0 spiro atoms. The van der Waals surface area contributed by atoms with Gasteiger partial charge in [-0.2, -0.15) is 0 Å². The van der Waals surface area contributed by atoms with Crippen LogP contribution in [0.25, 0.3) is 0 Å². The Morgan fingerprint density at radius 2 is 2.07 bits per heavy atom. The molecule has 1 aromatic heterocycles. The number of aliphatic imine (C=N–C) groups is 1. The smallest absolute Gasteiger partial charge is 0.191 e. The maximum atomic E-state index is 14.0. The van der Waals surface area contributed by atoms with Crippen molar-refractivity contribution in [1.82, 2.24) is 20.5 Å². The minimum atomic E-state index is -0.252. The molecule has 156 valence electrons. The van der Waals surface area contributed by atoms with Gasteiger partial charge in [0.15, 0.2) is 17.6 Å². The largest absolute Gasteiger partial charge is 0.357 e. The van der Waals surface area contributed by atoms with Crippen LogP contribution in [0.5, 0.6) is 0 Å². The van der Waals surface area contributed by atoms with Crippen molar-refractivity contribution in [3.63, 3.8) is 0 Å². The molecule has 0 radical (unpaired) electrons. The van der Waals surface area contributed by atoms with Crippen LogP contribution in [0.1, 0.15) is 39.5 Å². The van der Waals surface area contributed by atoms with Gasteiger partial charge in [-0.3, -0.25) is 4.99 Å². The van der Waals surface area contributed by atoms with Gasteiger partial charge in [-0.05, 0) is 70.3 Å². The van der Waals surface area contributed by atoms with Crippen molar-refractivity contribution in [2.45, 2.75) is 45.6 Å². The second kappa shape index (κ2) is 10.6. The summed E-state index contributed by atoms with van der Waals surface area (Å²) in [5, 5.41) is 6.91. The summed E-state index contributed by atoms with van der Waals surface area (Å²) in [5.41, 5.74) is 0. The Kier molecular flexibility index (Phi) is 7.89. The van der Waals surface area contributed by atoms with Crippen molar-refractivity contribution in [3.8, 4) is 0 Å². The molecule has 0 aromatic carbocycles. The van der Waals surface area contributed by atoms with Gasteiger partial charge in [-0.1, -0.05) is 6.92 Å². The predicted molar refractivity (Wildman–Crippen MR) is 113 cm³/mol. The number of guanidine groups is 1. The summed E-state index contributed by atoms with van der Waals surface area (Å²) in [4.78, 5) is 13.6. The zero-order valence-corrected chi connectivity index (χ0v) is 17.3. The van der Waals surface area contributed by atoms with E-state index in [1.165, 1.54) is 45.0 Å². The summed E-state index contributed by atoms with van der Waals surface area (Å²) in [7, 11) is 0. The minimum Gasteiger partial charge on any atom is -0.357 e. The molecule has 0 aliphatic carbocycles. The quantitative estimate of drug-likeness (QED) is 0.553. The van der Waals surface area contributed by atoms with E-state index in [2.05, 4.69) is 34.4 Å². The lowest BCUT2D eigenvalue weighted by Gasteiger charge is -2.31. The first-order valence-electron chi connectivity index (χ1n) is 10.8. The van der Waals surface area contributed by atoms with Gasteiger partial charge in [0.25, 0.3) is 0 Å². The van der Waals surface area contributed by atoms with Crippen molar-refractivity contribution in [2.24, 2.45) is 10.9 Å². The van der Waals surface area contributed by atoms with Crippen LogP contribution in [-0.4, -0.2) is 67.7 Å². The summed E-state index contributed by atoms with van der Waals surface area (Å²) < 4.78 is 14.0. The number of nitrogens with one attached hydrogen (secondary N) is 2. The Morgan fingerprint density at radius 3 is 2.79 bits per heavy atom. The molecule has 3 rings (SSSR count). The molecule has 2 aliphatic rings. The third-order valence-corrected chi connectivity index (χ3v) is 5.67. The molecule has 1 atom stereocenters. The maximum absolute atomic E-state index is 14.0. The lowest BCUT2D eigenvalue weighted by atomic mass is 9.97. The third kappa shape index (κ3) is 5.80. The molecule has 1 aromatic rings. The molecule has 28 heavy (non-hydrogen) atoms. The van der Waals surface area contributed by atoms with E-state index in [-0.39, 0.29) is 11.9 Å².